The summed E-state index contributed by atoms with van der Waals surface area (Å²) in [4.78, 5) is 0.330. The van der Waals surface area contributed by atoms with E-state index in [0.717, 1.165) is 18.4 Å². The highest BCUT2D eigenvalue weighted by atomic mass is 32.2. The fraction of sp³-hybridized carbons (Fsp3) is 0.571. The number of aliphatic hydroxyl groups excluding tert-OH is 1. The van der Waals surface area contributed by atoms with Crippen molar-refractivity contribution >= 4 is 10.0 Å². The molecule has 0 heterocycles. The largest absolute Gasteiger partial charge is 0.396 e. The van der Waals surface area contributed by atoms with Crippen molar-refractivity contribution in [2.24, 2.45) is 5.92 Å². The van der Waals surface area contributed by atoms with Crippen LogP contribution in [0.3, 0.4) is 0 Å². The van der Waals surface area contributed by atoms with E-state index in [4.69, 9.17) is 5.11 Å². The van der Waals surface area contributed by atoms with Crippen molar-refractivity contribution in [3.05, 3.63) is 29.8 Å². The number of hydrogen-bond donors (Lipinski definition) is 1. The molecule has 1 saturated carbocycles. The zero-order chi connectivity index (χ0) is 13.9. The molecule has 1 fully saturated rings. The van der Waals surface area contributed by atoms with Crippen molar-refractivity contribution in [3.63, 3.8) is 0 Å². The van der Waals surface area contributed by atoms with Gasteiger partial charge in [0.25, 0.3) is 0 Å². The second-order valence-electron chi connectivity index (χ2n) is 5.20. The summed E-state index contributed by atoms with van der Waals surface area (Å²) < 4.78 is 26.2. The summed E-state index contributed by atoms with van der Waals surface area (Å²) in [6.07, 6.45) is 4.04. The zero-order valence-electron chi connectivity index (χ0n) is 11.2. The molecule has 0 aliphatic heterocycles. The van der Waals surface area contributed by atoms with Crippen molar-refractivity contribution in [1.29, 1.82) is 0 Å². The third-order valence-electron chi connectivity index (χ3n) is 3.77. The molecule has 0 radical (unpaired) electrons. The minimum Gasteiger partial charge on any atom is -0.396 e. The van der Waals surface area contributed by atoms with Crippen molar-refractivity contribution in [1.82, 2.24) is 4.31 Å². The minimum absolute atomic E-state index is 0.0771. The number of hydrogen-bond acceptors (Lipinski definition) is 3. The quantitative estimate of drug-likeness (QED) is 0.863. The van der Waals surface area contributed by atoms with Gasteiger partial charge in [-0.25, -0.2) is 12.7 Å². The van der Waals surface area contributed by atoms with Gasteiger partial charge in [0.2, 0.25) is 10.0 Å². The van der Waals surface area contributed by atoms with E-state index in [-0.39, 0.29) is 6.61 Å². The van der Waals surface area contributed by atoms with Gasteiger partial charge in [-0.05, 0) is 42.9 Å². The first-order valence-electron chi connectivity index (χ1n) is 6.70. The SMILES string of the molecule is CN(CC1CCC1)S(=O)(=O)c1ccc(CCO)cc1. The van der Waals surface area contributed by atoms with Crippen LogP contribution in [0.15, 0.2) is 29.2 Å². The van der Waals surface area contributed by atoms with Crippen LogP contribution in [0.5, 0.6) is 0 Å². The van der Waals surface area contributed by atoms with Gasteiger partial charge in [-0.2, -0.15) is 0 Å². The lowest BCUT2D eigenvalue weighted by Gasteiger charge is -2.29. The molecule has 0 saturated heterocycles. The van der Waals surface area contributed by atoms with Gasteiger partial charge in [-0.1, -0.05) is 18.6 Å². The predicted octanol–water partition coefficient (Wildman–Crippen LogP) is 1.64. The maximum absolute atomic E-state index is 12.4. The lowest BCUT2D eigenvalue weighted by atomic mass is 9.86. The van der Waals surface area contributed by atoms with Crippen molar-refractivity contribution in [2.75, 3.05) is 20.2 Å². The number of benzene rings is 1. The lowest BCUT2D eigenvalue weighted by molar-refractivity contribution is 0.263. The normalized spacial score (nSPS) is 16.6. The molecule has 4 nitrogen and oxygen atoms in total. The van der Waals surface area contributed by atoms with Gasteiger partial charge in [0.1, 0.15) is 0 Å². The van der Waals surface area contributed by atoms with E-state index < -0.39 is 10.0 Å². The van der Waals surface area contributed by atoms with Crippen LogP contribution in [-0.4, -0.2) is 38.0 Å². The predicted molar refractivity (Wildman–Crippen MR) is 74.4 cm³/mol. The summed E-state index contributed by atoms with van der Waals surface area (Å²) in [5.74, 6) is 0.522. The molecular weight excluding hydrogens is 262 g/mol. The fourth-order valence-corrected chi connectivity index (χ4v) is 3.52. The Kier molecular flexibility index (Phi) is 4.60. The molecule has 0 spiro atoms. The fourth-order valence-electron chi connectivity index (χ4n) is 2.27. The Morgan fingerprint density at radius 2 is 1.89 bits per heavy atom. The maximum Gasteiger partial charge on any atom is 0.242 e. The molecule has 0 aromatic heterocycles. The molecule has 1 aliphatic carbocycles. The highest BCUT2D eigenvalue weighted by Gasteiger charge is 2.26. The van der Waals surface area contributed by atoms with E-state index in [2.05, 4.69) is 0 Å². The van der Waals surface area contributed by atoms with Gasteiger partial charge in [0, 0.05) is 20.2 Å². The van der Waals surface area contributed by atoms with Crippen LogP contribution >= 0.6 is 0 Å². The lowest BCUT2D eigenvalue weighted by Crippen LogP contribution is -2.34. The van der Waals surface area contributed by atoms with E-state index in [1.165, 1.54) is 10.7 Å². The molecule has 1 aliphatic rings. The third kappa shape index (κ3) is 3.35. The molecule has 19 heavy (non-hydrogen) atoms. The first kappa shape index (κ1) is 14.5. The van der Waals surface area contributed by atoms with Gasteiger partial charge < -0.3 is 5.11 Å². The summed E-state index contributed by atoms with van der Waals surface area (Å²) in [7, 11) is -1.72. The van der Waals surface area contributed by atoms with Gasteiger partial charge in [0.05, 0.1) is 4.90 Å². The van der Waals surface area contributed by atoms with E-state index in [9.17, 15) is 8.42 Å². The zero-order valence-corrected chi connectivity index (χ0v) is 12.1. The first-order chi connectivity index (χ1) is 9.04. The summed E-state index contributed by atoms with van der Waals surface area (Å²) in [5.41, 5.74) is 0.947. The Morgan fingerprint density at radius 1 is 1.26 bits per heavy atom. The monoisotopic (exact) mass is 283 g/mol. The first-order valence-corrected chi connectivity index (χ1v) is 8.14. The van der Waals surface area contributed by atoms with Gasteiger partial charge >= 0.3 is 0 Å². The summed E-state index contributed by atoms with van der Waals surface area (Å²) in [6, 6.07) is 6.77. The topological polar surface area (TPSA) is 57.6 Å². The highest BCUT2D eigenvalue weighted by Crippen LogP contribution is 2.28. The van der Waals surface area contributed by atoms with Crippen LogP contribution in [0.1, 0.15) is 24.8 Å². The Bertz CT molecular complexity index is 506. The van der Waals surface area contributed by atoms with Crippen molar-refractivity contribution in [2.45, 2.75) is 30.6 Å². The van der Waals surface area contributed by atoms with Crippen LogP contribution in [-0.2, 0) is 16.4 Å². The van der Waals surface area contributed by atoms with Crippen LogP contribution in [0.2, 0.25) is 0 Å². The second-order valence-corrected chi connectivity index (χ2v) is 7.24. The maximum atomic E-state index is 12.4. The Labute approximate surface area is 115 Å². The molecule has 1 aromatic rings. The van der Waals surface area contributed by atoms with Gasteiger partial charge in [0.15, 0.2) is 0 Å². The van der Waals surface area contributed by atoms with Crippen LogP contribution < -0.4 is 0 Å². The molecular formula is C14H21NO3S. The van der Waals surface area contributed by atoms with Crippen molar-refractivity contribution < 1.29 is 13.5 Å². The minimum atomic E-state index is -3.37. The number of aliphatic hydroxyl groups is 1. The van der Waals surface area contributed by atoms with Crippen molar-refractivity contribution in [3.8, 4) is 0 Å². The molecule has 2 rings (SSSR count). The van der Waals surface area contributed by atoms with Crippen LogP contribution in [0.4, 0.5) is 0 Å². The second kappa shape index (κ2) is 6.03. The molecule has 1 aromatic carbocycles. The van der Waals surface area contributed by atoms with E-state index >= 15 is 0 Å². The molecule has 0 unspecified atom stereocenters. The third-order valence-corrected chi connectivity index (χ3v) is 5.61. The Balaban J connectivity index is 2.08. The number of rotatable bonds is 6. The summed E-state index contributed by atoms with van der Waals surface area (Å²) in [6.45, 7) is 0.689. The molecule has 0 bridgehead atoms. The van der Waals surface area contributed by atoms with Gasteiger partial charge in [-0.3, -0.25) is 0 Å². The van der Waals surface area contributed by atoms with Crippen LogP contribution in [0, 0.1) is 5.92 Å². The average Bonchev–Trinajstić information content (AvgIpc) is 2.34. The van der Waals surface area contributed by atoms with E-state index in [1.54, 1.807) is 31.3 Å². The van der Waals surface area contributed by atoms with E-state index in [0.29, 0.717) is 23.8 Å². The molecule has 1 N–H and O–H groups in total. The summed E-state index contributed by atoms with van der Waals surface area (Å²) in [5, 5.41) is 8.84. The molecule has 0 atom stereocenters. The molecule has 0 amide bonds. The average molecular weight is 283 g/mol. The number of sulfonamides is 1. The standard InChI is InChI=1S/C14H21NO3S/c1-15(11-13-3-2-4-13)19(17,18)14-7-5-12(6-8-14)9-10-16/h5-8,13,16H,2-4,9-11H2,1H3. The van der Waals surface area contributed by atoms with Gasteiger partial charge in [-0.15, -0.1) is 0 Å². The van der Waals surface area contributed by atoms with Crippen LogP contribution in [0.25, 0.3) is 0 Å². The highest BCUT2D eigenvalue weighted by molar-refractivity contribution is 7.89. The molecule has 5 heteroatoms. The number of nitrogens with zero attached hydrogens (tertiary/aromatic N) is 1. The smallest absolute Gasteiger partial charge is 0.242 e. The molecule has 106 valence electrons. The Hall–Kier alpha value is -0.910. The summed E-state index contributed by atoms with van der Waals surface area (Å²) >= 11 is 0. The van der Waals surface area contributed by atoms with E-state index in [1.807, 2.05) is 0 Å². The Morgan fingerprint density at radius 3 is 2.37 bits per heavy atom.